The van der Waals surface area contributed by atoms with E-state index in [2.05, 4.69) is 19.8 Å². The van der Waals surface area contributed by atoms with Crippen LogP contribution in [-0.2, 0) is 19.2 Å². The van der Waals surface area contributed by atoms with E-state index >= 15 is 0 Å². The summed E-state index contributed by atoms with van der Waals surface area (Å²) in [7, 11) is 0. The van der Waals surface area contributed by atoms with Gasteiger partial charge in [0.1, 0.15) is 23.7 Å². The van der Waals surface area contributed by atoms with E-state index in [1.54, 1.807) is 12.3 Å². The number of carbonyl (C=O) groups excluding carboxylic acids is 2. The highest BCUT2D eigenvalue weighted by Crippen LogP contribution is 2.43. The highest BCUT2D eigenvalue weighted by molar-refractivity contribution is 8.08. The number of oxime groups is 1. The van der Waals surface area contributed by atoms with Crippen LogP contribution in [0.1, 0.15) is 18.3 Å². The van der Waals surface area contributed by atoms with E-state index < -0.39 is 29.2 Å². The monoisotopic (exact) mass is 532 g/mol. The van der Waals surface area contributed by atoms with Gasteiger partial charge in [0, 0.05) is 22.2 Å². The van der Waals surface area contributed by atoms with Gasteiger partial charge in [-0.15, -0.1) is 11.8 Å². The summed E-state index contributed by atoms with van der Waals surface area (Å²) in [6, 6.07) is 8.65. The van der Waals surface area contributed by atoms with Crippen molar-refractivity contribution in [2.24, 2.45) is 5.16 Å². The Morgan fingerprint density at radius 2 is 2.17 bits per heavy atom. The first-order chi connectivity index (χ1) is 16.9. The molecule has 0 spiro atoms. The number of benzene rings is 1. The van der Waals surface area contributed by atoms with E-state index in [4.69, 9.17) is 10.6 Å². The zero-order valence-electron chi connectivity index (χ0n) is 18.3. The van der Waals surface area contributed by atoms with E-state index in [0.29, 0.717) is 10.7 Å². The molecule has 1 unspecified atom stereocenters. The second-order valence-electron chi connectivity index (χ2n) is 7.08. The summed E-state index contributed by atoms with van der Waals surface area (Å²) < 4.78 is 3.98. The Morgan fingerprint density at radius 3 is 2.83 bits per heavy atom. The second kappa shape index (κ2) is 10.9. The fraction of sp³-hybridized carbons (Fsp3) is 0.238. The van der Waals surface area contributed by atoms with Crippen LogP contribution >= 0.6 is 35.1 Å². The lowest BCUT2D eigenvalue weighted by Crippen LogP contribution is -2.71. The zero-order valence-corrected chi connectivity index (χ0v) is 20.7. The lowest BCUT2D eigenvalue weighted by Gasteiger charge is -2.49. The Hall–Kier alpha value is -3.36. The minimum Gasteiger partial charge on any atom is -0.477 e. The van der Waals surface area contributed by atoms with Crippen molar-refractivity contribution in [3.8, 4) is 0 Å². The largest absolute Gasteiger partial charge is 0.477 e. The molecule has 2 aromatic rings. The smallest absolute Gasteiger partial charge is 0.353 e. The number of thioether (sulfide) groups is 2. The van der Waals surface area contributed by atoms with Gasteiger partial charge in [0.15, 0.2) is 5.13 Å². The molecule has 0 aliphatic carbocycles. The van der Waals surface area contributed by atoms with Crippen LogP contribution in [-0.4, -0.2) is 66.6 Å². The molecule has 35 heavy (non-hydrogen) atoms. The number of carboxylic acids is 1. The highest BCUT2D eigenvalue weighted by atomic mass is 32.2. The average Bonchev–Trinajstić information content (AvgIpc) is 3.28. The molecule has 0 saturated carbocycles. The lowest BCUT2D eigenvalue weighted by molar-refractivity contribution is -0.150. The number of nitrogens with one attached hydrogen (secondary N) is 1. The Balaban J connectivity index is 1.49. The Morgan fingerprint density at radius 1 is 1.40 bits per heavy atom. The van der Waals surface area contributed by atoms with Crippen molar-refractivity contribution in [2.75, 3.05) is 18.1 Å². The fourth-order valence-electron chi connectivity index (χ4n) is 3.29. The standard InChI is InChI=1S/C21H20N6O5S3/c1-2-32-25-13(16-24-21(22)35-26-16)17(28)23-14-18(29)27-15(20(30)31)12(10-34-19(14)27)33-9-8-11-6-4-3-5-7-11/h3-9,14,19H,2,10H2,1H3,(H,23,28)(H,30,31)(H2,22,24,26)/b9-8-,25-13?/t14?,19-/m1/s1. The number of β-lactam (4-membered cyclic amide) rings is 1. The van der Waals surface area contributed by atoms with Crippen molar-refractivity contribution < 1.29 is 24.3 Å². The number of hydrogen-bond donors (Lipinski definition) is 3. The summed E-state index contributed by atoms with van der Waals surface area (Å²) in [4.78, 5) is 48.5. The first-order valence-corrected chi connectivity index (χ1v) is 13.0. The van der Waals surface area contributed by atoms with Crippen LogP contribution in [0, 0.1) is 0 Å². The number of nitrogens with zero attached hydrogens (tertiary/aromatic N) is 4. The SMILES string of the molecule is CCON=C(C(=O)NC1C(=O)N2C(C(=O)O)=C(S/C=C\c3ccccc3)CS[C@H]12)c1nsc(N)n1. The third kappa shape index (κ3) is 5.33. The molecule has 182 valence electrons. The highest BCUT2D eigenvalue weighted by Gasteiger charge is 2.54. The van der Waals surface area contributed by atoms with Crippen LogP contribution in [0.5, 0.6) is 0 Å². The van der Waals surface area contributed by atoms with Crippen LogP contribution in [0.15, 0.2) is 51.5 Å². The maximum atomic E-state index is 12.9. The molecular weight excluding hydrogens is 512 g/mol. The molecule has 1 aromatic heterocycles. The molecule has 14 heteroatoms. The molecule has 1 aromatic carbocycles. The van der Waals surface area contributed by atoms with Gasteiger partial charge in [-0.05, 0) is 24.0 Å². The van der Waals surface area contributed by atoms with Gasteiger partial charge in [-0.2, -0.15) is 9.36 Å². The van der Waals surface area contributed by atoms with Crippen molar-refractivity contribution >= 4 is 69.8 Å². The molecule has 1 fully saturated rings. The maximum absolute atomic E-state index is 12.9. The number of hydrogen-bond acceptors (Lipinski definition) is 11. The predicted octanol–water partition coefficient (Wildman–Crippen LogP) is 1.96. The van der Waals surface area contributed by atoms with Gasteiger partial charge in [-0.25, -0.2) is 4.79 Å². The van der Waals surface area contributed by atoms with Crippen LogP contribution in [0.2, 0.25) is 0 Å². The van der Waals surface area contributed by atoms with Gasteiger partial charge >= 0.3 is 5.97 Å². The number of fused-ring (bicyclic) bond motifs is 1. The molecule has 2 amide bonds. The quantitative estimate of drug-likeness (QED) is 0.247. The Labute approximate surface area is 212 Å². The molecule has 3 heterocycles. The Bertz CT molecular complexity index is 1230. The maximum Gasteiger partial charge on any atom is 0.353 e. The van der Waals surface area contributed by atoms with Crippen LogP contribution in [0.4, 0.5) is 5.13 Å². The van der Waals surface area contributed by atoms with Gasteiger partial charge in [-0.3, -0.25) is 14.5 Å². The van der Waals surface area contributed by atoms with Gasteiger partial charge in [-0.1, -0.05) is 47.2 Å². The molecule has 2 aliphatic heterocycles. The minimum absolute atomic E-state index is 0.0200. The molecule has 4 rings (SSSR count). The van der Waals surface area contributed by atoms with Crippen LogP contribution < -0.4 is 11.1 Å². The van der Waals surface area contributed by atoms with Gasteiger partial charge in [0.25, 0.3) is 11.8 Å². The first kappa shape index (κ1) is 24.8. The predicted molar refractivity (Wildman–Crippen MR) is 135 cm³/mol. The lowest BCUT2D eigenvalue weighted by atomic mass is 10.0. The summed E-state index contributed by atoms with van der Waals surface area (Å²) in [5.41, 5.74) is 6.28. The number of amides is 2. The average molecular weight is 533 g/mol. The third-order valence-electron chi connectivity index (χ3n) is 4.85. The topological polar surface area (TPSA) is 160 Å². The fourth-order valence-corrected chi connectivity index (χ4v) is 6.09. The first-order valence-electron chi connectivity index (χ1n) is 10.3. The molecule has 2 aliphatic rings. The number of nitrogen functional groups attached to an aromatic ring is 1. The molecule has 0 bridgehead atoms. The number of carboxylic acid groups (broad SMARTS) is 1. The Kier molecular flexibility index (Phi) is 7.73. The summed E-state index contributed by atoms with van der Waals surface area (Å²) in [5.74, 6) is -2.10. The molecule has 2 atom stereocenters. The summed E-state index contributed by atoms with van der Waals surface area (Å²) in [6.07, 6.45) is 1.87. The second-order valence-corrected chi connectivity index (χ2v) is 9.97. The van der Waals surface area contributed by atoms with Crippen LogP contribution in [0.25, 0.3) is 6.08 Å². The zero-order chi connectivity index (χ0) is 24.9. The van der Waals surface area contributed by atoms with E-state index in [1.165, 1.54) is 28.4 Å². The number of aromatic nitrogens is 2. The van der Waals surface area contributed by atoms with Gasteiger partial charge in [0.05, 0.1) is 0 Å². The van der Waals surface area contributed by atoms with E-state index in [1.807, 2.05) is 36.4 Å². The van der Waals surface area contributed by atoms with Crippen molar-refractivity contribution in [1.29, 1.82) is 0 Å². The normalized spacial score (nSPS) is 20.0. The van der Waals surface area contributed by atoms with Gasteiger partial charge < -0.3 is 21.0 Å². The number of aliphatic carboxylic acids is 1. The van der Waals surface area contributed by atoms with Crippen molar-refractivity contribution in [3.63, 3.8) is 0 Å². The molecule has 4 N–H and O–H groups in total. The van der Waals surface area contributed by atoms with E-state index in [-0.39, 0.29) is 29.0 Å². The minimum atomic E-state index is -1.20. The number of anilines is 1. The molecule has 11 nitrogen and oxygen atoms in total. The van der Waals surface area contributed by atoms with Crippen molar-refractivity contribution in [2.45, 2.75) is 18.3 Å². The summed E-state index contributed by atoms with van der Waals surface area (Å²) in [5, 5.41) is 17.6. The van der Waals surface area contributed by atoms with E-state index in [9.17, 15) is 19.5 Å². The summed E-state index contributed by atoms with van der Waals surface area (Å²) >= 11 is 3.51. The summed E-state index contributed by atoms with van der Waals surface area (Å²) in [6.45, 7) is 1.90. The van der Waals surface area contributed by atoms with E-state index in [0.717, 1.165) is 17.1 Å². The number of nitrogens with two attached hydrogens (primary N) is 1. The van der Waals surface area contributed by atoms with Gasteiger partial charge in [0.2, 0.25) is 11.5 Å². The van der Waals surface area contributed by atoms with Crippen molar-refractivity contribution in [3.05, 3.63) is 57.7 Å². The third-order valence-corrected chi connectivity index (χ3v) is 7.75. The van der Waals surface area contributed by atoms with Crippen LogP contribution in [0.3, 0.4) is 0 Å². The number of rotatable bonds is 9. The molecular formula is C21H20N6O5S3. The molecule has 1 saturated heterocycles. The van der Waals surface area contributed by atoms with Crippen molar-refractivity contribution in [1.82, 2.24) is 19.6 Å². The number of carbonyl (C=O) groups is 3. The molecule has 0 radical (unpaired) electrons.